The fourth-order valence-electron chi connectivity index (χ4n) is 1.62. The van der Waals surface area contributed by atoms with E-state index in [0.29, 0.717) is 5.75 Å². The molecule has 0 aromatic carbocycles. The number of hydrogen-bond donors (Lipinski definition) is 1. The highest BCUT2D eigenvalue weighted by molar-refractivity contribution is 8.03. The van der Waals surface area contributed by atoms with Gasteiger partial charge in [-0.25, -0.2) is 0 Å². The number of carboxylic acids is 1. The quantitative estimate of drug-likeness (QED) is 0.525. The summed E-state index contributed by atoms with van der Waals surface area (Å²) in [5.41, 5.74) is 0. The molecule has 1 N–H and O–H groups in total. The molecular weight excluding hydrogens is 292 g/mol. The zero-order valence-electron chi connectivity index (χ0n) is 13.3. The molecule has 0 aromatic rings. The molecular formula is C14H30N2O2S2. The van der Waals surface area contributed by atoms with E-state index < -0.39 is 5.97 Å². The van der Waals surface area contributed by atoms with Gasteiger partial charge < -0.3 is 14.9 Å². The fourth-order valence-corrected chi connectivity index (χ4v) is 4.05. The highest BCUT2D eigenvalue weighted by Crippen LogP contribution is 2.17. The van der Waals surface area contributed by atoms with Gasteiger partial charge in [0.05, 0.1) is 0 Å². The Morgan fingerprint density at radius 1 is 1.10 bits per heavy atom. The minimum absolute atomic E-state index is 0.276. The Morgan fingerprint density at radius 3 is 2.25 bits per heavy atom. The summed E-state index contributed by atoms with van der Waals surface area (Å²) in [7, 11) is 2.06. The van der Waals surface area contributed by atoms with Crippen LogP contribution >= 0.6 is 23.5 Å². The monoisotopic (exact) mass is 322 g/mol. The first-order valence-electron chi connectivity index (χ1n) is 7.38. The lowest BCUT2D eigenvalue weighted by Crippen LogP contribution is -2.27. The summed E-state index contributed by atoms with van der Waals surface area (Å²) in [5, 5.41) is 8.96. The Hall–Kier alpha value is 0.0900. The van der Waals surface area contributed by atoms with E-state index in [-0.39, 0.29) is 5.25 Å². The van der Waals surface area contributed by atoms with Crippen LogP contribution in [0.3, 0.4) is 0 Å². The van der Waals surface area contributed by atoms with Gasteiger partial charge in [0.2, 0.25) is 0 Å². The Kier molecular flexibility index (Phi) is 12.9. The number of hydrogen-bond acceptors (Lipinski definition) is 5. The van der Waals surface area contributed by atoms with Crippen LogP contribution in [0.15, 0.2) is 0 Å². The number of thioether (sulfide) groups is 2. The van der Waals surface area contributed by atoms with Crippen LogP contribution in [0.4, 0.5) is 0 Å². The molecule has 120 valence electrons. The van der Waals surface area contributed by atoms with Crippen LogP contribution in [-0.4, -0.2) is 83.2 Å². The van der Waals surface area contributed by atoms with Crippen LogP contribution in [0.2, 0.25) is 0 Å². The van der Waals surface area contributed by atoms with E-state index in [4.69, 9.17) is 0 Å². The third-order valence-electron chi connectivity index (χ3n) is 3.32. The van der Waals surface area contributed by atoms with E-state index in [0.717, 1.165) is 44.2 Å². The van der Waals surface area contributed by atoms with Crippen LogP contribution in [0.25, 0.3) is 0 Å². The number of nitrogens with zero attached hydrogens (tertiary/aromatic N) is 2. The zero-order valence-corrected chi connectivity index (χ0v) is 14.9. The molecule has 0 rings (SSSR count). The van der Waals surface area contributed by atoms with Crippen molar-refractivity contribution in [2.75, 3.05) is 57.0 Å². The van der Waals surface area contributed by atoms with Gasteiger partial charge in [0, 0.05) is 30.3 Å². The summed E-state index contributed by atoms with van der Waals surface area (Å²) in [6.07, 6.45) is 0. The Labute approximate surface area is 132 Å². The first kappa shape index (κ1) is 20.1. The lowest BCUT2D eigenvalue weighted by Gasteiger charge is -2.19. The van der Waals surface area contributed by atoms with Gasteiger partial charge in [-0.1, -0.05) is 20.8 Å². The number of rotatable bonds is 13. The van der Waals surface area contributed by atoms with Gasteiger partial charge >= 0.3 is 5.97 Å². The third-order valence-corrected chi connectivity index (χ3v) is 5.76. The molecule has 20 heavy (non-hydrogen) atoms. The van der Waals surface area contributed by atoms with Gasteiger partial charge in [-0.2, -0.15) is 11.8 Å². The average Bonchev–Trinajstić information content (AvgIpc) is 2.44. The largest absolute Gasteiger partial charge is 0.480 e. The standard InChI is InChI=1S/C14H30N2O2S2/c1-5-15(4)8-11-20-13(14(17)18)12-19-10-9-16(6-2)7-3/h13H,5-12H2,1-4H3,(H,17,18). The van der Waals surface area contributed by atoms with Crippen molar-refractivity contribution < 1.29 is 9.90 Å². The zero-order chi connectivity index (χ0) is 15.4. The van der Waals surface area contributed by atoms with Crippen molar-refractivity contribution in [1.82, 2.24) is 9.80 Å². The summed E-state index contributed by atoms with van der Waals surface area (Å²) >= 11 is 3.32. The summed E-state index contributed by atoms with van der Waals surface area (Å²) in [6, 6.07) is 0. The van der Waals surface area contributed by atoms with E-state index in [1.54, 1.807) is 23.5 Å². The van der Waals surface area contributed by atoms with Gasteiger partial charge in [0.25, 0.3) is 0 Å². The van der Waals surface area contributed by atoms with E-state index in [1.807, 2.05) is 0 Å². The predicted molar refractivity (Wildman–Crippen MR) is 92.2 cm³/mol. The van der Waals surface area contributed by atoms with Crippen LogP contribution < -0.4 is 0 Å². The molecule has 0 aliphatic heterocycles. The molecule has 0 aliphatic rings. The predicted octanol–water partition coefficient (Wildman–Crippen LogP) is 2.20. The first-order chi connectivity index (χ1) is 9.54. The second-order valence-electron chi connectivity index (χ2n) is 4.70. The fraction of sp³-hybridized carbons (Fsp3) is 0.929. The smallest absolute Gasteiger partial charge is 0.317 e. The Morgan fingerprint density at radius 2 is 1.75 bits per heavy atom. The van der Waals surface area contributed by atoms with Crippen molar-refractivity contribution in [3.05, 3.63) is 0 Å². The Bertz CT molecular complexity index is 251. The van der Waals surface area contributed by atoms with Gasteiger partial charge in [0.15, 0.2) is 0 Å². The molecule has 0 radical (unpaired) electrons. The van der Waals surface area contributed by atoms with E-state index in [1.165, 1.54) is 0 Å². The molecule has 1 atom stereocenters. The maximum absolute atomic E-state index is 11.2. The molecule has 0 amide bonds. The SMILES string of the molecule is CCN(C)CCSC(CSCCN(CC)CC)C(=O)O. The average molecular weight is 323 g/mol. The van der Waals surface area contributed by atoms with Crippen LogP contribution in [0, 0.1) is 0 Å². The van der Waals surface area contributed by atoms with Crippen LogP contribution in [-0.2, 0) is 4.79 Å². The normalized spacial score (nSPS) is 13.1. The maximum Gasteiger partial charge on any atom is 0.317 e. The van der Waals surface area contributed by atoms with E-state index in [9.17, 15) is 9.90 Å². The summed E-state index contributed by atoms with van der Waals surface area (Å²) in [4.78, 5) is 15.8. The molecule has 0 bridgehead atoms. The van der Waals surface area contributed by atoms with E-state index in [2.05, 4.69) is 37.6 Å². The van der Waals surface area contributed by atoms with Crippen molar-refractivity contribution in [2.24, 2.45) is 0 Å². The van der Waals surface area contributed by atoms with Gasteiger partial charge in [-0.05, 0) is 26.7 Å². The Balaban J connectivity index is 3.83. The lowest BCUT2D eigenvalue weighted by molar-refractivity contribution is -0.135. The summed E-state index contributed by atoms with van der Waals surface area (Å²) in [6.45, 7) is 11.6. The van der Waals surface area contributed by atoms with Gasteiger partial charge in [-0.15, -0.1) is 11.8 Å². The van der Waals surface area contributed by atoms with Crippen molar-refractivity contribution in [1.29, 1.82) is 0 Å². The van der Waals surface area contributed by atoms with Crippen molar-refractivity contribution in [2.45, 2.75) is 26.0 Å². The molecule has 0 spiro atoms. The van der Waals surface area contributed by atoms with Crippen LogP contribution in [0.1, 0.15) is 20.8 Å². The molecule has 0 saturated heterocycles. The third kappa shape index (κ3) is 9.91. The van der Waals surface area contributed by atoms with Gasteiger partial charge in [0.1, 0.15) is 5.25 Å². The minimum Gasteiger partial charge on any atom is -0.480 e. The molecule has 0 fully saturated rings. The topological polar surface area (TPSA) is 43.8 Å². The van der Waals surface area contributed by atoms with Crippen molar-refractivity contribution in [3.63, 3.8) is 0 Å². The highest BCUT2D eigenvalue weighted by Gasteiger charge is 2.17. The van der Waals surface area contributed by atoms with E-state index >= 15 is 0 Å². The minimum atomic E-state index is -0.676. The molecule has 0 saturated carbocycles. The maximum atomic E-state index is 11.2. The second kappa shape index (κ2) is 12.8. The van der Waals surface area contributed by atoms with Crippen LogP contribution in [0.5, 0.6) is 0 Å². The molecule has 1 unspecified atom stereocenters. The van der Waals surface area contributed by atoms with Crippen molar-refractivity contribution >= 4 is 29.5 Å². The van der Waals surface area contributed by atoms with Gasteiger partial charge in [-0.3, -0.25) is 4.79 Å². The molecule has 0 heterocycles. The molecule has 0 aliphatic carbocycles. The number of carbonyl (C=O) groups is 1. The molecule has 4 nitrogen and oxygen atoms in total. The molecule has 0 aromatic heterocycles. The van der Waals surface area contributed by atoms with Crippen molar-refractivity contribution in [3.8, 4) is 0 Å². The summed E-state index contributed by atoms with van der Waals surface area (Å²) in [5.74, 6) is 1.93. The molecule has 6 heteroatoms. The highest BCUT2D eigenvalue weighted by atomic mass is 32.2. The second-order valence-corrected chi connectivity index (χ2v) is 7.16. The number of carboxylic acid groups (broad SMARTS) is 1. The summed E-state index contributed by atoms with van der Waals surface area (Å²) < 4.78 is 0. The number of aliphatic carboxylic acids is 1. The first-order valence-corrected chi connectivity index (χ1v) is 9.58. The lowest BCUT2D eigenvalue weighted by atomic mass is 10.5.